The second-order valence-electron chi connectivity index (χ2n) is 6.59. The van der Waals surface area contributed by atoms with Gasteiger partial charge in [-0.3, -0.25) is 9.69 Å². The highest BCUT2D eigenvalue weighted by Crippen LogP contribution is 2.32. The largest absolute Gasteiger partial charge is 0.337 e. The topological polar surface area (TPSA) is 51.0 Å². The molecule has 0 saturated heterocycles. The van der Waals surface area contributed by atoms with Gasteiger partial charge in [0.1, 0.15) is 0 Å². The molecule has 0 aliphatic heterocycles. The molecule has 0 fully saturated rings. The number of para-hydroxylation sites is 1. The van der Waals surface area contributed by atoms with Gasteiger partial charge in [0.05, 0.1) is 16.5 Å². The van der Waals surface area contributed by atoms with Crippen molar-refractivity contribution in [1.82, 2.24) is 14.5 Å². The molecule has 0 saturated carbocycles. The Balaban J connectivity index is 1.64. The molecule has 0 unspecified atom stereocenters. The van der Waals surface area contributed by atoms with E-state index in [1.54, 1.807) is 23.9 Å². The number of benzene rings is 2. The van der Waals surface area contributed by atoms with Crippen LogP contribution in [0.5, 0.6) is 0 Å². The highest BCUT2D eigenvalue weighted by molar-refractivity contribution is 7.22. The van der Waals surface area contributed by atoms with Gasteiger partial charge in [0.25, 0.3) is 5.91 Å². The lowest BCUT2D eigenvalue weighted by Gasteiger charge is -2.20. The summed E-state index contributed by atoms with van der Waals surface area (Å²) in [5.74, 6) is -0.0108. The predicted octanol–water partition coefficient (Wildman–Crippen LogP) is 4.79. The minimum absolute atomic E-state index is 0.0108. The van der Waals surface area contributed by atoms with E-state index in [9.17, 15) is 4.79 Å². The highest BCUT2D eigenvalue weighted by atomic mass is 32.1. The number of carbonyl (C=O) groups excluding carboxylic acids is 1. The van der Waals surface area contributed by atoms with E-state index < -0.39 is 0 Å². The minimum atomic E-state index is -0.0108. The summed E-state index contributed by atoms with van der Waals surface area (Å²) in [6.45, 7) is 3.54. The fourth-order valence-electron chi connectivity index (χ4n) is 3.25. The number of aryl methyl sites for hydroxylation is 2. The molecular formula is C22H22N4OS. The third-order valence-electron chi connectivity index (χ3n) is 4.73. The number of amides is 1. The number of nitrogens with zero attached hydrogens (tertiary/aromatic N) is 4. The van der Waals surface area contributed by atoms with Gasteiger partial charge in [-0.25, -0.2) is 9.97 Å². The zero-order valence-electron chi connectivity index (χ0n) is 15.8. The van der Waals surface area contributed by atoms with Crippen molar-refractivity contribution in [2.75, 3.05) is 11.4 Å². The second-order valence-corrected chi connectivity index (χ2v) is 7.60. The van der Waals surface area contributed by atoms with Gasteiger partial charge in [0.2, 0.25) is 0 Å². The molecule has 0 radical (unpaired) electrons. The van der Waals surface area contributed by atoms with Crippen LogP contribution in [0.1, 0.15) is 29.3 Å². The van der Waals surface area contributed by atoms with Gasteiger partial charge < -0.3 is 4.57 Å². The number of carbonyl (C=O) groups is 1. The first kappa shape index (κ1) is 18.4. The Morgan fingerprint density at radius 2 is 2.00 bits per heavy atom. The summed E-state index contributed by atoms with van der Waals surface area (Å²) in [5, 5.41) is 0.760. The average Bonchev–Trinajstić information content (AvgIpc) is 3.40. The number of thiazole rings is 1. The number of rotatable bonds is 7. The lowest BCUT2D eigenvalue weighted by Crippen LogP contribution is -2.32. The Hall–Kier alpha value is -2.99. The molecule has 5 nitrogen and oxygen atoms in total. The van der Waals surface area contributed by atoms with Crippen molar-refractivity contribution >= 4 is 32.6 Å². The Bertz CT molecular complexity index is 1060. The molecule has 4 rings (SSSR count). The van der Waals surface area contributed by atoms with Crippen LogP contribution in [-0.2, 0) is 13.0 Å². The molecule has 2 heterocycles. The molecular weight excluding hydrogens is 368 g/mol. The molecule has 0 aliphatic carbocycles. The first-order valence-corrected chi connectivity index (χ1v) is 10.3. The third-order valence-corrected chi connectivity index (χ3v) is 5.77. The number of aromatic nitrogens is 3. The van der Waals surface area contributed by atoms with E-state index >= 15 is 0 Å². The monoisotopic (exact) mass is 390 g/mol. The van der Waals surface area contributed by atoms with Crippen molar-refractivity contribution in [1.29, 1.82) is 0 Å². The quantitative estimate of drug-likeness (QED) is 0.456. The number of hydrogen-bond donors (Lipinski definition) is 0. The van der Waals surface area contributed by atoms with E-state index in [0.717, 1.165) is 34.7 Å². The van der Waals surface area contributed by atoms with Crippen molar-refractivity contribution in [3.63, 3.8) is 0 Å². The molecule has 142 valence electrons. The summed E-state index contributed by atoms with van der Waals surface area (Å²) >= 11 is 1.58. The van der Waals surface area contributed by atoms with Crippen molar-refractivity contribution in [3.8, 4) is 0 Å². The standard InChI is InChI=1S/C22H22N4OS/c1-2-17-10-6-11-19-20(17)24-22(28-19)26(14-7-13-25-15-12-23-16-25)21(27)18-8-4-3-5-9-18/h3-6,8-12,15-16H,2,7,13-14H2,1H3. The number of imidazole rings is 1. The summed E-state index contributed by atoms with van der Waals surface area (Å²) < 4.78 is 3.15. The number of anilines is 1. The van der Waals surface area contributed by atoms with Crippen molar-refractivity contribution < 1.29 is 4.79 Å². The second kappa shape index (κ2) is 8.35. The lowest BCUT2D eigenvalue weighted by molar-refractivity contribution is 0.0986. The third kappa shape index (κ3) is 3.82. The van der Waals surface area contributed by atoms with Crippen LogP contribution in [0.3, 0.4) is 0 Å². The van der Waals surface area contributed by atoms with Crippen LogP contribution < -0.4 is 4.90 Å². The fourth-order valence-corrected chi connectivity index (χ4v) is 4.28. The van der Waals surface area contributed by atoms with Crippen LogP contribution in [-0.4, -0.2) is 27.0 Å². The van der Waals surface area contributed by atoms with Crippen molar-refractivity contribution in [2.24, 2.45) is 0 Å². The SMILES string of the molecule is CCc1cccc2sc(N(CCCn3ccnc3)C(=O)c3ccccc3)nc12. The Labute approximate surface area is 168 Å². The van der Waals surface area contributed by atoms with Gasteiger partial charge in [-0.1, -0.05) is 48.6 Å². The Kier molecular flexibility index (Phi) is 5.48. The molecule has 4 aromatic rings. The van der Waals surface area contributed by atoms with Crippen LogP contribution in [0, 0.1) is 0 Å². The molecule has 0 spiro atoms. The predicted molar refractivity (Wildman–Crippen MR) is 114 cm³/mol. The zero-order valence-corrected chi connectivity index (χ0v) is 16.6. The van der Waals surface area contributed by atoms with E-state index in [1.807, 2.05) is 46.0 Å². The molecule has 0 N–H and O–H groups in total. The van der Waals surface area contributed by atoms with Crippen LogP contribution in [0.25, 0.3) is 10.2 Å². The van der Waals surface area contributed by atoms with E-state index in [2.05, 4.69) is 30.1 Å². The minimum Gasteiger partial charge on any atom is -0.337 e. The van der Waals surface area contributed by atoms with Crippen molar-refractivity contribution in [3.05, 3.63) is 78.4 Å². The highest BCUT2D eigenvalue weighted by Gasteiger charge is 2.21. The summed E-state index contributed by atoms with van der Waals surface area (Å²) in [6.07, 6.45) is 7.26. The van der Waals surface area contributed by atoms with E-state index in [4.69, 9.17) is 4.98 Å². The van der Waals surface area contributed by atoms with Crippen LogP contribution in [0.4, 0.5) is 5.13 Å². The van der Waals surface area contributed by atoms with Crippen LogP contribution in [0.15, 0.2) is 67.3 Å². The van der Waals surface area contributed by atoms with Gasteiger partial charge in [0, 0.05) is 31.0 Å². The van der Waals surface area contributed by atoms with Crippen molar-refractivity contribution in [2.45, 2.75) is 26.3 Å². The Morgan fingerprint density at radius 1 is 1.14 bits per heavy atom. The van der Waals surface area contributed by atoms with Crippen LogP contribution in [0.2, 0.25) is 0 Å². The molecule has 1 amide bonds. The smallest absolute Gasteiger partial charge is 0.260 e. The Morgan fingerprint density at radius 3 is 2.75 bits per heavy atom. The van der Waals surface area contributed by atoms with Gasteiger partial charge in [-0.05, 0) is 36.6 Å². The molecule has 0 aliphatic rings. The maximum absolute atomic E-state index is 13.2. The van der Waals surface area contributed by atoms with Gasteiger partial charge in [0.15, 0.2) is 5.13 Å². The van der Waals surface area contributed by atoms with E-state index in [0.29, 0.717) is 12.1 Å². The summed E-state index contributed by atoms with van der Waals surface area (Å²) in [5.41, 5.74) is 2.90. The first-order chi connectivity index (χ1) is 13.8. The van der Waals surface area contributed by atoms with Gasteiger partial charge in [-0.2, -0.15) is 0 Å². The van der Waals surface area contributed by atoms with E-state index in [-0.39, 0.29) is 5.91 Å². The maximum Gasteiger partial charge on any atom is 0.260 e. The summed E-state index contributed by atoms with van der Waals surface area (Å²) in [6, 6.07) is 15.7. The maximum atomic E-state index is 13.2. The first-order valence-electron chi connectivity index (χ1n) is 9.47. The molecule has 2 aromatic carbocycles. The zero-order chi connectivity index (χ0) is 19.3. The van der Waals surface area contributed by atoms with Gasteiger partial charge >= 0.3 is 0 Å². The molecule has 6 heteroatoms. The number of fused-ring (bicyclic) bond motifs is 1. The number of hydrogen-bond acceptors (Lipinski definition) is 4. The average molecular weight is 391 g/mol. The van der Waals surface area contributed by atoms with Crippen LogP contribution >= 0.6 is 11.3 Å². The summed E-state index contributed by atoms with van der Waals surface area (Å²) in [4.78, 5) is 24.0. The van der Waals surface area contributed by atoms with E-state index in [1.165, 1.54) is 5.56 Å². The van der Waals surface area contributed by atoms with Gasteiger partial charge in [-0.15, -0.1) is 0 Å². The molecule has 0 bridgehead atoms. The molecule has 28 heavy (non-hydrogen) atoms. The summed E-state index contributed by atoms with van der Waals surface area (Å²) in [7, 11) is 0. The molecule has 2 aromatic heterocycles. The molecule has 0 atom stereocenters. The lowest BCUT2D eigenvalue weighted by atomic mass is 10.1. The normalized spacial score (nSPS) is 11.0. The fraction of sp³-hybridized carbons (Fsp3) is 0.227.